The number of carbonyl (C=O) groups excluding carboxylic acids is 1. The second kappa shape index (κ2) is 8.95. The van der Waals surface area contributed by atoms with E-state index >= 15 is 0 Å². The van der Waals surface area contributed by atoms with Gasteiger partial charge in [0.1, 0.15) is 0 Å². The summed E-state index contributed by atoms with van der Waals surface area (Å²) in [5.41, 5.74) is 0.770. The number of hydrogen-bond acceptors (Lipinski definition) is 6. The first-order valence-electron chi connectivity index (χ1n) is 5.84. The topological polar surface area (TPSA) is 63.2 Å². The summed E-state index contributed by atoms with van der Waals surface area (Å²) in [6.07, 6.45) is 2.94. The number of benzene rings is 1. The maximum Gasteiger partial charge on any atom is 0.330 e. The average Bonchev–Trinajstić information content (AvgIpc) is 2.49. The molecule has 0 aliphatic rings. The van der Waals surface area contributed by atoms with Gasteiger partial charge in [-0.25, -0.2) is 4.79 Å². The Hall–Kier alpha value is -2.05. The molecule has 0 fully saturated rings. The third-order valence-electron chi connectivity index (χ3n) is 2.25. The number of ether oxygens (including phenoxy) is 5. The van der Waals surface area contributed by atoms with Crippen molar-refractivity contribution in [2.45, 2.75) is 0 Å². The van der Waals surface area contributed by atoms with Crippen LogP contribution < -0.4 is 9.47 Å². The molecule has 0 amide bonds. The zero-order valence-electron chi connectivity index (χ0n) is 11.8. The van der Waals surface area contributed by atoms with Crippen LogP contribution >= 0.6 is 0 Å². The van der Waals surface area contributed by atoms with Crippen LogP contribution in [0.1, 0.15) is 5.56 Å². The standard InChI is InChI=1S/C14H18O6/c1-16-9-19-12-6-4-11(5-7-14(15)18-3)8-13(12)20-10-17-2/h4-8H,9-10H2,1-3H3. The SMILES string of the molecule is COCOc1ccc(C=CC(=O)OC)cc1OCOC. The monoisotopic (exact) mass is 282 g/mol. The summed E-state index contributed by atoms with van der Waals surface area (Å²) in [6, 6.07) is 5.23. The van der Waals surface area contributed by atoms with Crippen LogP contribution in [0.15, 0.2) is 24.3 Å². The maximum absolute atomic E-state index is 11.0. The Morgan fingerprint density at radius 2 is 1.70 bits per heavy atom. The predicted molar refractivity (Wildman–Crippen MR) is 72.5 cm³/mol. The molecule has 0 aliphatic heterocycles. The Balaban J connectivity index is 2.88. The normalized spacial score (nSPS) is 10.6. The maximum atomic E-state index is 11.0. The van der Waals surface area contributed by atoms with Crippen molar-refractivity contribution in [3.8, 4) is 11.5 Å². The second-order valence-electron chi connectivity index (χ2n) is 3.66. The van der Waals surface area contributed by atoms with Crippen LogP contribution in [0.2, 0.25) is 0 Å². The molecule has 0 atom stereocenters. The molecule has 6 nitrogen and oxygen atoms in total. The summed E-state index contributed by atoms with van der Waals surface area (Å²) >= 11 is 0. The summed E-state index contributed by atoms with van der Waals surface area (Å²) < 4.78 is 25.0. The Kier molecular flexibility index (Phi) is 7.16. The van der Waals surface area contributed by atoms with Gasteiger partial charge in [-0.3, -0.25) is 0 Å². The average molecular weight is 282 g/mol. The van der Waals surface area contributed by atoms with Gasteiger partial charge in [0, 0.05) is 20.3 Å². The predicted octanol–water partition coefficient (Wildman–Crippen LogP) is 1.84. The number of esters is 1. The highest BCUT2D eigenvalue weighted by Gasteiger charge is 2.06. The molecule has 1 rings (SSSR count). The summed E-state index contributed by atoms with van der Waals surface area (Å²) in [7, 11) is 4.38. The molecule has 0 aliphatic carbocycles. The summed E-state index contributed by atoms with van der Waals surface area (Å²) in [5.74, 6) is 0.596. The van der Waals surface area contributed by atoms with Crippen LogP contribution in [0.3, 0.4) is 0 Å². The first kappa shape index (κ1) is 16.0. The van der Waals surface area contributed by atoms with Crippen molar-refractivity contribution in [3.63, 3.8) is 0 Å². The van der Waals surface area contributed by atoms with Crippen molar-refractivity contribution in [1.29, 1.82) is 0 Å². The molecule has 0 aromatic heterocycles. The van der Waals surface area contributed by atoms with Gasteiger partial charge in [-0.1, -0.05) is 6.07 Å². The van der Waals surface area contributed by atoms with E-state index in [1.807, 2.05) is 0 Å². The van der Waals surface area contributed by atoms with Gasteiger partial charge in [0.15, 0.2) is 25.1 Å². The van der Waals surface area contributed by atoms with Crippen molar-refractivity contribution in [2.75, 3.05) is 34.9 Å². The van der Waals surface area contributed by atoms with E-state index in [9.17, 15) is 4.79 Å². The zero-order valence-corrected chi connectivity index (χ0v) is 11.8. The molecular formula is C14H18O6. The number of methoxy groups -OCH3 is 3. The Morgan fingerprint density at radius 1 is 1.05 bits per heavy atom. The van der Waals surface area contributed by atoms with E-state index in [4.69, 9.17) is 18.9 Å². The van der Waals surface area contributed by atoms with E-state index < -0.39 is 5.97 Å². The van der Waals surface area contributed by atoms with E-state index in [2.05, 4.69) is 4.74 Å². The van der Waals surface area contributed by atoms with E-state index in [1.165, 1.54) is 27.4 Å². The van der Waals surface area contributed by atoms with Crippen LogP contribution in [0.25, 0.3) is 6.08 Å². The highest BCUT2D eigenvalue weighted by Crippen LogP contribution is 2.29. The van der Waals surface area contributed by atoms with Crippen molar-refractivity contribution in [3.05, 3.63) is 29.8 Å². The minimum absolute atomic E-state index is 0.0908. The van der Waals surface area contributed by atoms with Crippen LogP contribution in [0.4, 0.5) is 0 Å². The lowest BCUT2D eigenvalue weighted by Gasteiger charge is -2.12. The van der Waals surface area contributed by atoms with Gasteiger partial charge < -0.3 is 23.7 Å². The molecule has 0 saturated heterocycles. The molecule has 0 bridgehead atoms. The zero-order chi connectivity index (χ0) is 14.8. The van der Waals surface area contributed by atoms with Crippen molar-refractivity contribution < 1.29 is 28.5 Å². The molecule has 110 valence electrons. The van der Waals surface area contributed by atoms with Crippen molar-refractivity contribution in [1.82, 2.24) is 0 Å². The second-order valence-corrected chi connectivity index (χ2v) is 3.66. The first-order valence-corrected chi connectivity index (χ1v) is 5.84. The van der Waals surface area contributed by atoms with Gasteiger partial charge in [-0.2, -0.15) is 0 Å². The van der Waals surface area contributed by atoms with E-state index in [0.29, 0.717) is 11.5 Å². The van der Waals surface area contributed by atoms with Gasteiger partial charge in [0.05, 0.1) is 7.11 Å². The lowest BCUT2D eigenvalue weighted by atomic mass is 10.2. The fraction of sp³-hybridized carbons (Fsp3) is 0.357. The highest BCUT2D eigenvalue weighted by atomic mass is 16.7. The molecular weight excluding hydrogens is 264 g/mol. The van der Waals surface area contributed by atoms with Crippen LogP contribution in [0, 0.1) is 0 Å². The molecule has 0 saturated carbocycles. The van der Waals surface area contributed by atoms with Crippen LogP contribution in [-0.2, 0) is 19.0 Å². The summed E-state index contributed by atoms with van der Waals surface area (Å²) in [6.45, 7) is 0.203. The van der Waals surface area contributed by atoms with Gasteiger partial charge in [-0.15, -0.1) is 0 Å². The fourth-order valence-corrected chi connectivity index (χ4v) is 1.34. The van der Waals surface area contributed by atoms with Crippen molar-refractivity contribution >= 4 is 12.0 Å². The summed E-state index contributed by atoms with van der Waals surface area (Å²) in [4.78, 5) is 11.0. The van der Waals surface area contributed by atoms with Gasteiger partial charge in [0.2, 0.25) is 0 Å². The number of carbonyl (C=O) groups is 1. The third-order valence-corrected chi connectivity index (χ3v) is 2.25. The Bertz CT molecular complexity index is 455. The van der Waals surface area contributed by atoms with E-state index in [-0.39, 0.29) is 13.6 Å². The van der Waals surface area contributed by atoms with Crippen LogP contribution in [-0.4, -0.2) is 40.9 Å². The lowest BCUT2D eigenvalue weighted by molar-refractivity contribution is -0.134. The third kappa shape index (κ3) is 5.29. The highest BCUT2D eigenvalue weighted by molar-refractivity contribution is 5.87. The first-order chi connectivity index (χ1) is 9.71. The van der Waals surface area contributed by atoms with Gasteiger partial charge >= 0.3 is 5.97 Å². The molecule has 0 spiro atoms. The van der Waals surface area contributed by atoms with Gasteiger partial charge in [-0.05, 0) is 23.8 Å². The minimum atomic E-state index is -0.427. The lowest BCUT2D eigenvalue weighted by Crippen LogP contribution is -2.04. The molecule has 0 radical (unpaired) electrons. The fourth-order valence-electron chi connectivity index (χ4n) is 1.34. The quantitative estimate of drug-likeness (QED) is 0.412. The molecule has 0 unspecified atom stereocenters. The van der Waals surface area contributed by atoms with Gasteiger partial charge in [0.25, 0.3) is 0 Å². The number of hydrogen-bond donors (Lipinski definition) is 0. The number of rotatable bonds is 8. The van der Waals surface area contributed by atoms with E-state index in [0.717, 1.165) is 5.56 Å². The minimum Gasteiger partial charge on any atom is -0.466 e. The molecule has 1 aromatic rings. The van der Waals surface area contributed by atoms with Crippen molar-refractivity contribution in [2.24, 2.45) is 0 Å². The Labute approximate surface area is 117 Å². The molecule has 20 heavy (non-hydrogen) atoms. The molecule has 6 heteroatoms. The molecule has 0 heterocycles. The summed E-state index contributed by atoms with van der Waals surface area (Å²) in [5, 5.41) is 0. The van der Waals surface area contributed by atoms with E-state index in [1.54, 1.807) is 24.3 Å². The van der Waals surface area contributed by atoms with Crippen LogP contribution in [0.5, 0.6) is 11.5 Å². The molecule has 1 aromatic carbocycles. The Morgan fingerprint density at radius 3 is 2.30 bits per heavy atom. The molecule has 0 N–H and O–H groups in total. The smallest absolute Gasteiger partial charge is 0.330 e. The largest absolute Gasteiger partial charge is 0.466 e.